The number of aryl methyl sites for hydroxylation is 2. The second-order valence-electron chi connectivity index (χ2n) is 6.77. The standard InChI is InChI=1S/C24H24N.HI/c1-3-4-9-18-14-16-19(17-15-18)24-20-10-5-7-12-22(20)25(2)23-13-8-6-11-21(23)24;/h5-8,10-17H,3-4,9H2,1-2H3;1H/q+1;/p-1. The van der Waals surface area contributed by atoms with Crippen LogP contribution in [0.5, 0.6) is 0 Å². The third kappa shape index (κ3) is 3.35. The largest absolute Gasteiger partial charge is 1.00 e. The fourth-order valence-electron chi connectivity index (χ4n) is 3.76. The Kier molecular flexibility index (Phi) is 5.92. The van der Waals surface area contributed by atoms with Crippen molar-refractivity contribution in [2.75, 3.05) is 0 Å². The first kappa shape index (κ1) is 18.8. The summed E-state index contributed by atoms with van der Waals surface area (Å²) in [4.78, 5) is 0. The number of para-hydroxylation sites is 2. The Bertz CT molecular complexity index is 978. The number of unbranched alkanes of at least 4 members (excludes halogenated alkanes) is 1. The SMILES string of the molecule is CCCCc1ccc(-c2c3ccccc3[n+](C)c3ccccc23)cc1.[I-]. The Hall–Kier alpha value is -1.94. The van der Waals surface area contributed by atoms with E-state index in [0.717, 1.165) is 0 Å². The van der Waals surface area contributed by atoms with E-state index in [-0.39, 0.29) is 24.0 Å². The number of rotatable bonds is 4. The second-order valence-corrected chi connectivity index (χ2v) is 6.77. The Labute approximate surface area is 172 Å². The zero-order valence-electron chi connectivity index (χ0n) is 15.4. The lowest BCUT2D eigenvalue weighted by Crippen LogP contribution is -3.00. The van der Waals surface area contributed by atoms with Gasteiger partial charge in [-0.3, -0.25) is 0 Å². The summed E-state index contributed by atoms with van der Waals surface area (Å²) in [5.74, 6) is 0. The number of aromatic nitrogens is 1. The molecule has 0 bridgehead atoms. The highest BCUT2D eigenvalue weighted by Crippen LogP contribution is 2.33. The summed E-state index contributed by atoms with van der Waals surface area (Å²) in [6.07, 6.45) is 3.67. The Morgan fingerprint density at radius 1 is 0.731 bits per heavy atom. The van der Waals surface area contributed by atoms with Crippen LogP contribution in [0.1, 0.15) is 25.3 Å². The van der Waals surface area contributed by atoms with E-state index < -0.39 is 0 Å². The van der Waals surface area contributed by atoms with Crippen molar-refractivity contribution >= 4 is 21.8 Å². The van der Waals surface area contributed by atoms with Crippen molar-refractivity contribution in [3.8, 4) is 11.1 Å². The highest BCUT2D eigenvalue weighted by molar-refractivity contribution is 6.07. The molecular formula is C24H24IN. The number of nitrogens with zero attached hydrogens (tertiary/aromatic N) is 1. The third-order valence-corrected chi connectivity index (χ3v) is 5.13. The lowest BCUT2D eigenvalue weighted by molar-refractivity contribution is -0.617. The maximum absolute atomic E-state index is 2.30. The van der Waals surface area contributed by atoms with Gasteiger partial charge in [-0.15, -0.1) is 0 Å². The molecule has 132 valence electrons. The molecule has 0 N–H and O–H groups in total. The molecule has 0 saturated carbocycles. The summed E-state index contributed by atoms with van der Waals surface area (Å²) in [5, 5.41) is 2.62. The number of hydrogen-bond donors (Lipinski definition) is 0. The summed E-state index contributed by atoms with van der Waals surface area (Å²) in [6, 6.07) is 26.6. The predicted molar refractivity (Wildman–Crippen MR) is 107 cm³/mol. The fourth-order valence-corrected chi connectivity index (χ4v) is 3.76. The molecule has 0 amide bonds. The molecule has 3 aromatic carbocycles. The van der Waals surface area contributed by atoms with Crippen molar-refractivity contribution in [2.45, 2.75) is 26.2 Å². The number of halogens is 1. The molecule has 26 heavy (non-hydrogen) atoms. The quantitative estimate of drug-likeness (QED) is 0.254. The van der Waals surface area contributed by atoms with E-state index in [1.54, 1.807) is 0 Å². The van der Waals surface area contributed by atoms with E-state index in [9.17, 15) is 0 Å². The van der Waals surface area contributed by atoms with Gasteiger partial charge in [-0.25, -0.2) is 0 Å². The fraction of sp³-hybridized carbons (Fsp3) is 0.208. The van der Waals surface area contributed by atoms with Crippen LogP contribution in [0.3, 0.4) is 0 Å². The van der Waals surface area contributed by atoms with Crippen LogP contribution in [0.2, 0.25) is 0 Å². The topological polar surface area (TPSA) is 3.88 Å². The summed E-state index contributed by atoms with van der Waals surface area (Å²) in [7, 11) is 2.16. The number of hydrogen-bond acceptors (Lipinski definition) is 0. The smallest absolute Gasteiger partial charge is 0.213 e. The van der Waals surface area contributed by atoms with Gasteiger partial charge in [0.15, 0.2) is 0 Å². The molecule has 0 saturated heterocycles. The van der Waals surface area contributed by atoms with Crippen molar-refractivity contribution < 1.29 is 28.5 Å². The van der Waals surface area contributed by atoms with Gasteiger partial charge < -0.3 is 24.0 Å². The van der Waals surface area contributed by atoms with Crippen LogP contribution < -0.4 is 28.5 Å². The molecule has 2 heteroatoms. The van der Waals surface area contributed by atoms with Crippen molar-refractivity contribution in [3.05, 3.63) is 78.4 Å². The van der Waals surface area contributed by atoms with Gasteiger partial charge >= 0.3 is 0 Å². The number of fused-ring (bicyclic) bond motifs is 2. The molecule has 1 aromatic heterocycles. The first-order valence-electron chi connectivity index (χ1n) is 9.18. The lowest BCUT2D eigenvalue weighted by atomic mass is 9.94. The monoisotopic (exact) mass is 453 g/mol. The van der Waals surface area contributed by atoms with Gasteiger partial charge in [0.25, 0.3) is 0 Å². The highest BCUT2D eigenvalue weighted by atomic mass is 127. The summed E-state index contributed by atoms with van der Waals surface area (Å²) in [6.45, 7) is 2.25. The van der Waals surface area contributed by atoms with E-state index in [4.69, 9.17) is 0 Å². The molecule has 0 atom stereocenters. The summed E-state index contributed by atoms with van der Waals surface area (Å²) < 4.78 is 2.30. The van der Waals surface area contributed by atoms with E-state index in [0.29, 0.717) is 0 Å². The minimum atomic E-state index is 0. The maximum atomic E-state index is 2.30. The molecule has 1 nitrogen and oxygen atoms in total. The van der Waals surface area contributed by atoms with Crippen LogP contribution in [0.4, 0.5) is 0 Å². The number of benzene rings is 3. The average molecular weight is 453 g/mol. The molecular weight excluding hydrogens is 429 g/mol. The molecule has 0 fully saturated rings. The van der Waals surface area contributed by atoms with Gasteiger partial charge in [-0.2, -0.15) is 4.57 Å². The molecule has 0 aliphatic heterocycles. The molecule has 0 aliphatic carbocycles. The Balaban J connectivity index is 0.00000196. The van der Waals surface area contributed by atoms with Crippen molar-refractivity contribution in [1.82, 2.24) is 0 Å². The van der Waals surface area contributed by atoms with E-state index in [1.165, 1.54) is 57.8 Å². The molecule has 0 spiro atoms. The summed E-state index contributed by atoms with van der Waals surface area (Å²) in [5.41, 5.74) is 6.61. The van der Waals surface area contributed by atoms with Crippen LogP contribution in [0.25, 0.3) is 32.9 Å². The van der Waals surface area contributed by atoms with Crippen molar-refractivity contribution in [1.29, 1.82) is 0 Å². The predicted octanol–water partition coefficient (Wildman–Crippen LogP) is 2.83. The first-order valence-corrected chi connectivity index (χ1v) is 9.18. The van der Waals surface area contributed by atoms with Gasteiger partial charge in [0, 0.05) is 17.7 Å². The Morgan fingerprint density at radius 3 is 1.81 bits per heavy atom. The van der Waals surface area contributed by atoms with Gasteiger partial charge in [-0.05, 0) is 36.1 Å². The highest BCUT2D eigenvalue weighted by Gasteiger charge is 2.18. The van der Waals surface area contributed by atoms with Crippen molar-refractivity contribution in [3.63, 3.8) is 0 Å². The third-order valence-electron chi connectivity index (χ3n) is 5.13. The minimum absolute atomic E-state index is 0. The molecule has 4 rings (SSSR count). The van der Waals surface area contributed by atoms with Crippen molar-refractivity contribution in [2.24, 2.45) is 7.05 Å². The first-order chi connectivity index (χ1) is 12.3. The molecule has 0 radical (unpaired) electrons. The van der Waals surface area contributed by atoms with Gasteiger partial charge in [0.1, 0.15) is 7.05 Å². The van der Waals surface area contributed by atoms with E-state index in [1.807, 2.05) is 0 Å². The van der Waals surface area contributed by atoms with Crippen LogP contribution in [-0.4, -0.2) is 0 Å². The average Bonchev–Trinajstić information content (AvgIpc) is 2.68. The minimum Gasteiger partial charge on any atom is -1.00 e. The molecule has 0 unspecified atom stereocenters. The molecule has 1 heterocycles. The van der Waals surface area contributed by atoms with Gasteiger partial charge in [-0.1, -0.05) is 61.9 Å². The number of pyridine rings is 1. The van der Waals surface area contributed by atoms with Crippen LogP contribution in [0, 0.1) is 0 Å². The second kappa shape index (κ2) is 8.17. The lowest BCUT2D eigenvalue weighted by Gasteiger charge is -2.11. The van der Waals surface area contributed by atoms with E-state index >= 15 is 0 Å². The van der Waals surface area contributed by atoms with Crippen LogP contribution in [-0.2, 0) is 13.5 Å². The zero-order chi connectivity index (χ0) is 17.2. The van der Waals surface area contributed by atoms with Gasteiger partial charge in [0.05, 0.1) is 10.8 Å². The van der Waals surface area contributed by atoms with Crippen LogP contribution >= 0.6 is 0 Å². The molecule has 4 aromatic rings. The van der Waals surface area contributed by atoms with Gasteiger partial charge in [0.2, 0.25) is 11.0 Å². The Morgan fingerprint density at radius 2 is 1.27 bits per heavy atom. The van der Waals surface area contributed by atoms with Crippen LogP contribution in [0.15, 0.2) is 72.8 Å². The maximum Gasteiger partial charge on any atom is 0.213 e. The summed E-state index contributed by atoms with van der Waals surface area (Å²) >= 11 is 0. The zero-order valence-corrected chi connectivity index (χ0v) is 17.5. The normalized spacial score (nSPS) is 10.8. The van der Waals surface area contributed by atoms with E-state index in [2.05, 4.69) is 91.3 Å². The molecule has 0 aliphatic rings.